The monoisotopic (exact) mass is 325 g/mol. The van der Waals surface area contributed by atoms with E-state index in [9.17, 15) is 0 Å². The zero-order valence-electron chi connectivity index (χ0n) is 13.5. The molecule has 4 rings (SSSR count). The summed E-state index contributed by atoms with van der Waals surface area (Å²) in [6.45, 7) is 4.95. The average Bonchev–Trinajstić information content (AvgIpc) is 2.74. The number of thioether (sulfide) groups is 1. The molecule has 1 saturated heterocycles. The fourth-order valence-corrected chi connectivity index (χ4v) is 4.91. The number of morpholine rings is 1. The van der Waals surface area contributed by atoms with E-state index in [4.69, 9.17) is 4.74 Å². The van der Waals surface area contributed by atoms with Crippen molar-refractivity contribution >= 4 is 11.8 Å². The highest BCUT2D eigenvalue weighted by molar-refractivity contribution is 7.98. The lowest BCUT2D eigenvalue weighted by molar-refractivity contribution is -0.0599. The zero-order valence-corrected chi connectivity index (χ0v) is 14.4. The summed E-state index contributed by atoms with van der Waals surface area (Å²) in [6, 6.07) is 17.8. The predicted octanol–water partition coefficient (Wildman–Crippen LogP) is 4.19. The van der Waals surface area contributed by atoms with Crippen LogP contribution in [0.5, 0.6) is 0 Å². The molecule has 2 heterocycles. The molecule has 2 aliphatic rings. The maximum atomic E-state index is 6.17. The summed E-state index contributed by atoms with van der Waals surface area (Å²) in [4.78, 5) is 1.42. The van der Waals surface area contributed by atoms with Crippen molar-refractivity contribution in [2.24, 2.45) is 0 Å². The van der Waals surface area contributed by atoms with E-state index in [1.807, 2.05) is 11.8 Å². The molecule has 3 heteroatoms. The van der Waals surface area contributed by atoms with Gasteiger partial charge in [0.15, 0.2) is 0 Å². The predicted molar refractivity (Wildman–Crippen MR) is 96.1 cm³/mol. The van der Waals surface area contributed by atoms with E-state index in [1.165, 1.54) is 21.6 Å². The Kier molecular flexibility index (Phi) is 4.18. The van der Waals surface area contributed by atoms with Gasteiger partial charge in [-0.25, -0.2) is 0 Å². The highest BCUT2D eigenvalue weighted by Crippen LogP contribution is 2.44. The Morgan fingerprint density at radius 2 is 1.91 bits per heavy atom. The van der Waals surface area contributed by atoms with Crippen molar-refractivity contribution in [1.82, 2.24) is 5.32 Å². The van der Waals surface area contributed by atoms with Crippen LogP contribution in [0.1, 0.15) is 36.0 Å². The van der Waals surface area contributed by atoms with Crippen LogP contribution in [-0.4, -0.2) is 25.3 Å². The van der Waals surface area contributed by atoms with Gasteiger partial charge >= 0.3 is 0 Å². The van der Waals surface area contributed by atoms with Gasteiger partial charge in [-0.3, -0.25) is 0 Å². The van der Waals surface area contributed by atoms with Crippen molar-refractivity contribution in [2.45, 2.75) is 35.5 Å². The van der Waals surface area contributed by atoms with Gasteiger partial charge in [-0.15, -0.1) is 11.8 Å². The molecule has 2 nitrogen and oxygen atoms in total. The van der Waals surface area contributed by atoms with Gasteiger partial charge in [0.05, 0.1) is 12.2 Å². The van der Waals surface area contributed by atoms with Crippen LogP contribution in [0.4, 0.5) is 0 Å². The largest absolute Gasteiger partial charge is 0.373 e. The van der Waals surface area contributed by atoms with E-state index in [1.54, 1.807) is 0 Å². The Hall–Kier alpha value is -1.29. The molecule has 2 aliphatic heterocycles. The van der Waals surface area contributed by atoms with Crippen LogP contribution in [0.15, 0.2) is 53.4 Å². The van der Waals surface area contributed by atoms with Gasteiger partial charge in [-0.1, -0.05) is 42.5 Å². The quantitative estimate of drug-likeness (QED) is 0.894. The first-order chi connectivity index (χ1) is 11.3. The van der Waals surface area contributed by atoms with Crippen molar-refractivity contribution in [3.05, 3.63) is 65.2 Å². The standard InChI is InChI=1S/C20H23NOS/c1-20(14-21-10-11-22-20)12-18-16-7-3-2-6-15(16)13-23-19-9-5-4-8-17(18)19/h2-9,18,21H,10-14H2,1H3. The Labute approximate surface area is 142 Å². The Morgan fingerprint density at radius 3 is 2.74 bits per heavy atom. The van der Waals surface area contributed by atoms with E-state index in [0.717, 1.165) is 31.9 Å². The Balaban J connectivity index is 1.77. The normalized spacial score (nSPS) is 26.9. The maximum absolute atomic E-state index is 6.17. The van der Waals surface area contributed by atoms with Crippen molar-refractivity contribution in [3.8, 4) is 0 Å². The molecule has 2 atom stereocenters. The number of hydrogen-bond acceptors (Lipinski definition) is 3. The Bertz CT molecular complexity index is 646. The highest BCUT2D eigenvalue weighted by atomic mass is 32.2. The van der Waals surface area contributed by atoms with Crippen LogP contribution in [0.3, 0.4) is 0 Å². The van der Waals surface area contributed by atoms with Crippen molar-refractivity contribution in [1.29, 1.82) is 0 Å². The molecule has 0 aromatic heterocycles. The van der Waals surface area contributed by atoms with Crippen molar-refractivity contribution in [3.63, 3.8) is 0 Å². The molecule has 2 aromatic rings. The lowest BCUT2D eigenvalue weighted by Gasteiger charge is -2.37. The van der Waals surface area contributed by atoms with Gasteiger partial charge in [-0.2, -0.15) is 0 Å². The van der Waals surface area contributed by atoms with Crippen LogP contribution in [0.2, 0.25) is 0 Å². The first kappa shape index (κ1) is 15.3. The third-order valence-corrected chi connectivity index (χ3v) is 6.11. The topological polar surface area (TPSA) is 21.3 Å². The minimum absolute atomic E-state index is 0.0991. The average molecular weight is 325 g/mol. The van der Waals surface area contributed by atoms with E-state index >= 15 is 0 Å². The molecular weight excluding hydrogens is 302 g/mol. The number of rotatable bonds is 2. The van der Waals surface area contributed by atoms with E-state index in [-0.39, 0.29) is 5.60 Å². The number of hydrogen-bond donors (Lipinski definition) is 1. The zero-order chi connectivity index (χ0) is 15.7. The molecule has 120 valence electrons. The molecule has 0 aliphatic carbocycles. The smallest absolute Gasteiger partial charge is 0.0788 e. The molecule has 0 bridgehead atoms. The highest BCUT2D eigenvalue weighted by Gasteiger charge is 2.34. The van der Waals surface area contributed by atoms with Crippen LogP contribution < -0.4 is 5.32 Å². The van der Waals surface area contributed by atoms with Crippen molar-refractivity contribution in [2.75, 3.05) is 19.7 Å². The van der Waals surface area contributed by atoms with Crippen LogP contribution in [-0.2, 0) is 10.5 Å². The number of nitrogens with one attached hydrogen (secondary N) is 1. The summed E-state index contributed by atoms with van der Waals surface area (Å²) in [5, 5.41) is 3.50. The second kappa shape index (κ2) is 6.31. The summed E-state index contributed by atoms with van der Waals surface area (Å²) in [5.41, 5.74) is 4.29. The molecular formula is C20H23NOS. The summed E-state index contributed by atoms with van der Waals surface area (Å²) in [7, 11) is 0. The van der Waals surface area contributed by atoms with Crippen LogP contribution in [0, 0.1) is 0 Å². The van der Waals surface area contributed by atoms with Crippen LogP contribution >= 0.6 is 11.8 Å². The lowest BCUT2D eigenvalue weighted by atomic mass is 9.80. The molecule has 0 radical (unpaired) electrons. The van der Waals surface area contributed by atoms with Gasteiger partial charge in [0.2, 0.25) is 0 Å². The summed E-state index contributed by atoms with van der Waals surface area (Å²) >= 11 is 1.96. The van der Waals surface area contributed by atoms with Gasteiger partial charge in [0, 0.05) is 29.7 Å². The first-order valence-electron chi connectivity index (χ1n) is 8.39. The third-order valence-electron chi connectivity index (χ3n) is 4.97. The Morgan fingerprint density at radius 1 is 1.13 bits per heavy atom. The molecule has 1 fully saturated rings. The van der Waals surface area contributed by atoms with Crippen molar-refractivity contribution < 1.29 is 4.74 Å². The minimum Gasteiger partial charge on any atom is -0.373 e. The van der Waals surface area contributed by atoms with Gasteiger partial charge < -0.3 is 10.1 Å². The second-order valence-corrected chi connectivity index (χ2v) is 7.77. The third kappa shape index (κ3) is 3.06. The van der Waals surface area contributed by atoms with E-state index in [0.29, 0.717) is 5.92 Å². The number of benzene rings is 2. The SMILES string of the molecule is CC1(CC2c3ccccc3CSc3ccccc32)CNCCO1. The van der Waals surface area contributed by atoms with Crippen LogP contribution in [0.25, 0.3) is 0 Å². The van der Waals surface area contributed by atoms with E-state index < -0.39 is 0 Å². The van der Waals surface area contributed by atoms with Gasteiger partial charge in [0.1, 0.15) is 0 Å². The molecule has 1 N–H and O–H groups in total. The minimum atomic E-state index is -0.0991. The fraction of sp³-hybridized carbons (Fsp3) is 0.400. The van der Waals surface area contributed by atoms with E-state index in [2.05, 4.69) is 60.8 Å². The fourth-order valence-electron chi connectivity index (χ4n) is 3.78. The maximum Gasteiger partial charge on any atom is 0.0788 e. The summed E-state index contributed by atoms with van der Waals surface area (Å²) in [6.07, 6.45) is 1.02. The summed E-state index contributed by atoms with van der Waals surface area (Å²) < 4.78 is 6.17. The molecule has 0 amide bonds. The van der Waals surface area contributed by atoms with Gasteiger partial charge in [-0.05, 0) is 36.1 Å². The molecule has 2 aromatic carbocycles. The number of ether oxygens (including phenoxy) is 1. The molecule has 0 saturated carbocycles. The lowest BCUT2D eigenvalue weighted by Crippen LogP contribution is -2.48. The number of fused-ring (bicyclic) bond motifs is 2. The molecule has 2 unspecified atom stereocenters. The van der Waals surface area contributed by atoms with Gasteiger partial charge in [0.25, 0.3) is 0 Å². The molecule has 0 spiro atoms. The molecule has 23 heavy (non-hydrogen) atoms. The summed E-state index contributed by atoms with van der Waals surface area (Å²) in [5.74, 6) is 1.46. The first-order valence-corrected chi connectivity index (χ1v) is 9.38. The second-order valence-electron chi connectivity index (χ2n) is 6.76.